The number of nitrogens with one attached hydrogen (secondary N) is 1. The molecule has 9 nitrogen and oxygen atoms in total. The van der Waals surface area contributed by atoms with Gasteiger partial charge >= 0.3 is 0 Å². The van der Waals surface area contributed by atoms with Crippen LogP contribution in [0.1, 0.15) is 5.56 Å². The Morgan fingerprint density at radius 3 is 2.54 bits per heavy atom. The number of nitrogens with zero attached hydrogens (tertiary/aromatic N) is 3. The largest absolute Gasteiger partial charge is 0.497 e. The predicted molar refractivity (Wildman–Crippen MR) is 142 cm³/mol. The molecule has 1 aromatic heterocycles. The highest BCUT2D eigenvalue weighted by atomic mass is 35.5. The molecule has 0 aliphatic carbocycles. The molecular formula is C25H21ClN4O5S2. The Balaban J connectivity index is 1.41. The van der Waals surface area contributed by atoms with Crippen LogP contribution in [0, 0.1) is 6.92 Å². The van der Waals surface area contributed by atoms with Crippen LogP contribution in [0.15, 0.2) is 71.6 Å². The lowest BCUT2D eigenvalue weighted by molar-refractivity contribution is -0.122. The molecule has 1 aliphatic rings. The zero-order valence-electron chi connectivity index (χ0n) is 19.7. The number of benzene rings is 3. The van der Waals surface area contributed by atoms with Gasteiger partial charge in [0.15, 0.2) is 6.10 Å². The summed E-state index contributed by atoms with van der Waals surface area (Å²) in [5, 5.41) is 12.3. The third-order valence-corrected chi connectivity index (χ3v) is 8.60. The normalized spacial score (nSPS) is 15.0. The fraction of sp³-hybridized carbons (Fsp3) is 0.160. The number of halogens is 1. The Labute approximate surface area is 222 Å². The van der Waals surface area contributed by atoms with Crippen molar-refractivity contribution in [2.75, 3.05) is 23.3 Å². The first-order valence-corrected chi connectivity index (χ1v) is 13.7. The molecule has 5 rings (SSSR count). The number of anilines is 2. The standard InChI is InChI=1S/C25H21ClN4O5S2/c1-15-3-12-20-21(13-15)35-22(14-30(20)37(32,33)19-10-8-18(34-2)9-11-19)23(31)27-25-29-28-24(36-25)16-4-6-17(26)7-5-16/h3-13,22H,14H2,1-2H3,(H,27,29,31). The number of rotatable bonds is 6. The maximum atomic E-state index is 13.6. The van der Waals surface area contributed by atoms with Gasteiger partial charge in [0.05, 0.1) is 24.2 Å². The monoisotopic (exact) mass is 556 g/mol. The lowest BCUT2D eigenvalue weighted by Crippen LogP contribution is -2.48. The molecule has 0 saturated carbocycles. The quantitative estimate of drug-likeness (QED) is 0.364. The Morgan fingerprint density at radius 2 is 1.84 bits per heavy atom. The average molecular weight is 557 g/mol. The van der Waals surface area contributed by atoms with Gasteiger partial charge in [-0.15, -0.1) is 10.2 Å². The number of carbonyl (C=O) groups excluding carboxylic acids is 1. The first-order chi connectivity index (χ1) is 17.7. The topological polar surface area (TPSA) is 111 Å². The smallest absolute Gasteiger partial charge is 0.269 e. The lowest BCUT2D eigenvalue weighted by atomic mass is 10.1. The van der Waals surface area contributed by atoms with Crippen molar-refractivity contribution in [2.24, 2.45) is 0 Å². The van der Waals surface area contributed by atoms with E-state index >= 15 is 0 Å². The second-order valence-electron chi connectivity index (χ2n) is 8.20. The van der Waals surface area contributed by atoms with Crippen LogP contribution in [0.5, 0.6) is 11.5 Å². The third kappa shape index (κ3) is 5.10. The summed E-state index contributed by atoms with van der Waals surface area (Å²) >= 11 is 7.13. The van der Waals surface area contributed by atoms with Crippen LogP contribution in [0.25, 0.3) is 10.6 Å². The molecule has 1 aliphatic heterocycles. The van der Waals surface area contributed by atoms with E-state index in [1.54, 1.807) is 54.6 Å². The van der Waals surface area contributed by atoms with E-state index in [1.165, 1.54) is 34.9 Å². The van der Waals surface area contributed by atoms with E-state index in [1.807, 2.05) is 6.92 Å². The van der Waals surface area contributed by atoms with Gasteiger partial charge in [0.1, 0.15) is 16.5 Å². The van der Waals surface area contributed by atoms with Gasteiger partial charge in [0.25, 0.3) is 15.9 Å². The average Bonchev–Trinajstić information content (AvgIpc) is 3.36. The number of amides is 1. The van der Waals surface area contributed by atoms with Gasteiger partial charge < -0.3 is 9.47 Å². The van der Waals surface area contributed by atoms with E-state index < -0.39 is 22.0 Å². The number of methoxy groups -OCH3 is 1. The van der Waals surface area contributed by atoms with E-state index in [4.69, 9.17) is 21.1 Å². The van der Waals surface area contributed by atoms with Crippen molar-refractivity contribution in [3.63, 3.8) is 0 Å². The molecule has 0 spiro atoms. The molecule has 0 fully saturated rings. The van der Waals surface area contributed by atoms with Crippen LogP contribution < -0.4 is 19.1 Å². The highest BCUT2D eigenvalue weighted by Crippen LogP contribution is 2.38. The highest BCUT2D eigenvalue weighted by Gasteiger charge is 2.38. The Morgan fingerprint density at radius 1 is 1.11 bits per heavy atom. The summed E-state index contributed by atoms with van der Waals surface area (Å²) in [6, 6.07) is 18.3. The number of aromatic nitrogens is 2. The van der Waals surface area contributed by atoms with Crippen LogP contribution in [0.3, 0.4) is 0 Å². The minimum Gasteiger partial charge on any atom is -0.497 e. The van der Waals surface area contributed by atoms with Gasteiger partial charge in [0, 0.05) is 10.6 Å². The Bertz CT molecular complexity index is 1560. The predicted octanol–water partition coefficient (Wildman–Crippen LogP) is 4.77. The van der Waals surface area contributed by atoms with Gasteiger partial charge in [-0.3, -0.25) is 14.4 Å². The lowest BCUT2D eigenvalue weighted by Gasteiger charge is -2.34. The SMILES string of the molecule is COc1ccc(S(=O)(=O)N2CC(C(=O)Nc3nnc(-c4ccc(Cl)cc4)s3)Oc3cc(C)ccc32)cc1. The molecule has 4 aromatic rings. The summed E-state index contributed by atoms with van der Waals surface area (Å²) < 4.78 is 39.5. The molecule has 1 atom stereocenters. The van der Waals surface area contributed by atoms with Crippen molar-refractivity contribution >= 4 is 49.7 Å². The number of aryl methyl sites for hydroxylation is 1. The molecule has 1 N–H and O–H groups in total. The van der Waals surface area contributed by atoms with Crippen molar-refractivity contribution in [1.29, 1.82) is 0 Å². The summed E-state index contributed by atoms with van der Waals surface area (Å²) in [6.45, 7) is 1.63. The van der Waals surface area contributed by atoms with Gasteiger partial charge in [-0.2, -0.15) is 0 Å². The van der Waals surface area contributed by atoms with Crippen LogP contribution in [0.2, 0.25) is 5.02 Å². The van der Waals surface area contributed by atoms with Crippen molar-refractivity contribution in [3.8, 4) is 22.1 Å². The van der Waals surface area contributed by atoms with E-state index in [0.717, 1.165) is 11.1 Å². The zero-order chi connectivity index (χ0) is 26.2. The Kier molecular flexibility index (Phi) is 6.76. The van der Waals surface area contributed by atoms with Gasteiger partial charge in [-0.25, -0.2) is 8.42 Å². The molecule has 1 unspecified atom stereocenters. The minimum absolute atomic E-state index is 0.0672. The number of sulfonamides is 1. The van der Waals surface area contributed by atoms with E-state index in [2.05, 4.69) is 15.5 Å². The molecular weight excluding hydrogens is 536 g/mol. The summed E-state index contributed by atoms with van der Waals surface area (Å²) in [5.41, 5.74) is 2.02. The molecule has 0 bridgehead atoms. The van der Waals surface area contributed by atoms with Crippen LogP contribution in [-0.2, 0) is 14.8 Å². The number of fused-ring (bicyclic) bond motifs is 1. The van der Waals surface area contributed by atoms with Crippen LogP contribution >= 0.6 is 22.9 Å². The summed E-state index contributed by atoms with van der Waals surface area (Å²) in [5.74, 6) is 0.285. The van der Waals surface area contributed by atoms with Crippen LogP contribution in [0.4, 0.5) is 10.8 Å². The molecule has 1 amide bonds. The third-order valence-electron chi connectivity index (χ3n) is 5.67. The molecule has 0 saturated heterocycles. The van der Waals surface area contributed by atoms with E-state index in [9.17, 15) is 13.2 Å². The molecule has 2 heterocycles. The fourth-order valence-electron chi connectivity index (χ4n) is 3.77. The summed E-state index contributed by atoms with van der Waals surface area (Å²) in [4.78, 5) is 13.3. The molecule has 190 valence electrons. The van der Waals surface area contributed by atoms with Gasteiger partial charge in [0.2, 0.25) is 5.13 Å². The second-order valence-corrected chi connectivity index (χ2v) is 11.5. The summed E-state index contributed by atoms with van der Waals surface area (Å²) in [7, 11) is -2.50. The molecule has 37 heavy (non-hydrogen) atoms. The van der Waals surface area contributed by atoms with Crippen LogP contribution in [-0.4, -0.2) is 44.3 Å². The molecule has 12 heteroatoms. The maximum absolute atomic E-state index is 13.6. The minimum atomic E-state index is -4.01. The van der Waals surface area contributed by atoms with E-state index in [0.29, 0.717) is 27.2 Å². The number of hydrogen-bond donors (Lipinski definition) is 1. The van der Waals surface area contributed by atoms with E-state index in [-0.39, 0.29) is 16.6 Å². The van der Waals surface area contributed by atoms with Gasteiger partial charge in [-0.05, 0) is 61.0 Å². The molecule has 3 aromatic carbocycles. The van der Waals surface area contributed by atoms with Crippen molar-refractivity contribution in [2.45, 2.75) is 17.9 Å². The number of hydrogen-bond acceptors (Lipinski definition) is 8. The van der Waals surface area contributed by atoms with Crippen molar-refractivity contribution < 1.29 is 22.7 Å². The molecule has 0 radical (unpaired) electrons. The Hall–Kier alpha value is -3.67. The van der Waals surface area contributed by atoms with Crippen molar-refractivity contribution in [1.82, 2.24) is 10.2 Å². The number of ether oxygens (including phenoxy) is 2. The number of carbonyl (C=O) groups is 1. The first kappa shape index (κ1) is 25.0. The first-order valence-electron chi connectivity index (χ1n) is 11.1. The summed E-state index contributed by atoms with van der Waals surface area (Å²) in [6.07, 6.45) is -1.12. The highest BCUT2D eigenvalue weighted by molar-refractivity contribution is 7.92. The maximum Gasteiger partial charge on any atom is 0.269 e. The fourth-order valence-corrected chi connectivity index (χ4v) is 6.12. The van der Waals surface area contributed by atoms with Gasteiger partial charge in [-0.1, -0.05) is 41.1 Å². The zero-order valence-corrected chi connectivity index (χ0v) is 22.1. The van der Waals surface area contributed by atoms with Crippen molar-refractivity contribution in [3.05, 3.63) is 77.3 Å². The second kappa shape index (κ2) is 10.0.